The minimum Gasteiger partial charge on any atom is -0.305 e. The van der Waals surface area contributed by atoms with Gasteiger partial charge in [-0.15, -0.1) is 0 Å². The van der Waals surface area contributed by atoms with Crippen molar-refractivity contribution in [2.24, 2.45) is 0 Å². The second kappa shape index (κ2) is 8.49. The number of alkyl halides is 17. The van der Waals surface area contributed by atoms with Gasteiger partial charge in [0.2, 0.25) is 0 Å². The number of rotatable bonds is 8. The summed E-state index contributed by atoms with van der Waals surface area (Å²) in [5, 5.41) is 0.744. The van der Waals surface area contributed by atoms with Crippen molar-refractivity contribution in [1.29, 1.82) is 0 Å². The second-order valence-electron chi connectivity index (χ2n) is 7.14. The summed E-state index contributed by atoms with van der Waals surface area (Å²) in [7, 11) is 0. The maximum atomic E-state index is 13.9. The van der Waals surface area contributed by atoms with E-state index in [1.54, 1.807) is 0 Å². The van der Waals surface area contributed by atoms with Gasteiger partial charge in [0.05, 0.1) is 0 Å². The van der Waals surface area contributed by atoms with Crippen molar-refractivity contribution in [2.45, 2.75) is 61.5 Å². The zero-order valence-corrected chi connectivity index (χ0v) is 16.9. The van der Waals surface area contributed by atoms with E-state index in [0.717, 1.165) is 12.2 Å². The first-order chi connectivity index (χ1) is 15.5. The van der Waals surface area contributed by atoms with E-state index >= 15 is 0 Å². The Hall–Kier alpha value is -2.57. The molecule has 0 bridgehead atoms. The first kappa shape index (κ1) is 31.5. The van der Waals surface area contributed by atoms with Crippen LogP contribution in [0.25, 0.3) is 0 Å². The first-order valence-corrected chi connectivity index (χ1v) is 8.52. The Morgan fingerprint density at radius 3 is 1.33 bits per heavy atom. The van der Waals surface area contributed by atoms with Gasteiger partial charge in [-0.1, -0.05) is 0 Å². The Balaban J connectivity index is 3.59. The molecule has 0 atom stereocenters. The fraction of sp³-hybridized carbons (Fsp3) is 0.625. The Bertz CT molecular complexity index is 979. The highest BCUT2D eigenvalue weighted by Gasteiger charge is 2.95. The average Bonchev–Trinajstić information content (AvgIpc) is 2.65. The van der Waals surface area contributed by atoms with E-state index in [0.29, 0.717) is 6.07 Å². The molecule has 208 valence electrons. The van der Waals surface area contributed by atoms with Crippen LogP contribution in [0.1, 0.15) is 11.3 Å². The van der Waals surface area contributed by atoms with Gasteiger partial charge in [-0.2, -0.15) is 74.6 Å². The number of hydrogen-bond acceptors (Lipinski definition) is 2. The van der Waals surface area contributed by atoms with Gasteiger partial charge < -0.3 is 5.32 Å². The first-order valence-electron chi connectivity index (χ1n) is 8.52. The lowest BCUT2D eigenvalue weighted by molar-refractivity contribution is -0.459. The number of amides is 1. The lowest BCUT2D eigenvalue weighted by atomic mass is 9.89. The highest BCUT2D eigenvalue weighted by molar-refractivity contribution is 5.96. The molecule has 1 amide bonds. The van der Waals surface area contributed by atoms with Gasteiger partial charge in [0.1, 0.15) is 5.82 Å². The summed E-state index contributed by atoms with van der Waals surface area (Å²) in [6.07, 6.45) is -7.84. The topological polar surface area (TPSA) is 42.0 Å². The number of nitrogens with zero attached hydrogens (tertiary/aromatic N) is 1. The van der Waals surface area contributed by atoms with E-state index in [1.165, 1.54) is 13.0 Å². The number of pyridine rings is 1. The molecule has 0 saturated carbocycles. The van der Waals surface area contributed by atoms with Gasteiger partial charge in [-0.25, -0.2) is 4.98 Å². The summed E-state index contributed by atoms with van der Waals surface area (Å²) in [5.41, 5.74) is -0.0816. The van der Waals surface area contributed by atoms with Crippen molar-refractivity contribution in [1.82, 2.24) is 4.98 Å². The smallest absolute Gasteiger partial charge is 0.305 e. The predicted molar refractivity (Wildman–Crippen MR) is 83.0 cm³/mol. The van der Waals surface area contributed by atoms with Crippen LogP contribution in [0.15, 0.2) is 12.1 Å². The number of hydrogen-bond donors (Lipinski definition) is 1. The number of halogens is 17. The quantitative estimate of drug-likeness (QED) is 0.357. The van der Waals surface area contributed by atoms with Crippen LogP contribution in [-0.2, 0) is 4.79 Å². The monoisotopic (exact) mass is 568 g/mol. The number of nitrogens with one attached hydrogen (secondary N) is 1. The molecule has 0 aliphatic heterocycles. The number of aromatic nitrogens is 1. The SMILES string of the molecule is Cc1cc(C)nc(NC(=O)C(F)(F)C(F)(F)C(F)(F)C(F)(F)C(F)(F)C(F)(F)C(F)(F)C(F)(F)F)c1. The number of aryl methyl sites for hydroxylation is 2. The van der Waals surface area contributed by atoms with Crippen LogP contribution in [-0.4, -0.2) is 58.5 Å². The van der Waals surface area contributed by atoms with Crippen molar-refractivity contribution in [3.8, 4) is 0 Å². The molecule has 1 aromatic heterocycles. The average molecular weight is 568 g/mol. The maximum absolute atomic E-state index is 13.9. The fourth-order valence-electron chi connectivity index (χ4n) is 2.41. The third-order valence-electron chi connectivity index (χ3n) is 4.35. The van der Waals surface area contributed by atoms with Gasteiger partial charge in [-0.3, -0.25) is 4.79 Å². The lowest BCUT2D eigenvalue weighted by Gasteiger charge is -2.42. The highest BCUT2D eigenvalue weighted by atomic mass is 19.4. The predicted octanol–water partition coefficient (Wildman–Crippen LogP) is 6.65. The Morgan fingerprint density at radius 1 is 0.611 bits per heavy atom. The molecule has 20 heteroatoms. The number of carbonyl (C=O) groups is 1. The Kier molecular flexibility index (Phi) is 7.42. The minimum atomic E-state index is -8.76. The van der Waals surface area contributed by atoms with E-state index in [1.807, 2.05) is 0 Å². The normalized spacial score (nSPS) is 15.2. The van der Waals surface area contributed by atoms with Crippen LogP contribution in [0.3, 0.4) is 0 Å². The molecule has 0 aliphatic carbocycles. The standard InChI is InChI=1S/C16H9F17N2O/c1-5-3-6(2)34-7(4-5)35-8(36)9(17,18)10(19,20)11(21,22)12(23,24)13(25,26)14(27,28)15(29,30)16(31,32)33/h3-4H,1-2H3,(H,34,35,36). The molecule has 1 aromatic rings. The van der Waals surface area contributed by atoms with Crippen molar-refractivity contribution in [2.75, 3.05) is 5.32 Å². The summed E-state index contributed by atoms with van der Waals surface area (Å²) in [6, 6.07) is 1.80. The lowest BCUT2D eigenvalue weighted by Crippen LogP contribution is -2.75. The molecule has 0 saturated heterocycles. The number of carbonyl (C=O) groups excluding carboxylic acids is 1. The van der Waals surface area contributed by atoms with Crippen molar-refractivity contribution < 1.29 is 79.4 Å². The summed E-state index contributed by atoms with van der Waals surface area (Å²) < 4.78 is 224. The van der Waals surface area contributed by atoms with E-state index in [-0.39, 0.29) is 11.3 Å². The van der Waals surface area contributed by atoms with Gasteiger partial charge in [0, 0.05) is 5.69 Å². The zero-order valence-electron chi connectivity index (χ0n) is 16.9. The van der Waals surface area contributed by atoms with Crippen LogP contribution in [0, 0.1) is 13.8 Å². The largest absolute Gasteiger partial charge is 0.460 e. The zero-order chi connectivity index (χ0) is 29.1. The summed E-state index contributed by atoms with van der Waals surface area (Å²) in [4.78, 5) is 14.7. The summed E-state index contributed by atoms with van der Waals surface area (Å²) in [6.45, 7) is 2.30. The van der Waals surface area contributed by atoms with Crippen molar-refractivity contribution in [3.63, 3.8) is 0 Å². The van der Waals surface area contributed by atoms with Crippen LogP contribution in [0.5, 0.6) is 0 Å². The molecule has 0 aromatic carbocycles. The van der Waals surface area contributed by atoms with E-state index < -0.39 is 59.4 Å². The van der Waals surface area contributed by atoms with E-state index in [4.69, 9.17) is 0 Å². The molecule has 3 nitrogen and oxygen atoms in total. The third kappa shape index (κ3) is 4.28. The van der Waals surface area contributed by atoms with Gasteiger partial charge in [0.15, 0.2) is 0 Å². The van der Waals surface area contributed by atoms with Gasteiger partial charge in [-0.05, 0) is 31.5 Å². The molecular weight excluding hydrogens is 559 g/mol. The molecule has 1 rings (SSSR count). The maximum Gasteiger partial charge on any atom is 0.460 e. The van der Waals surface area contributed by atoms with Gasteiger partial charge in [0.25, 0.3) is 0 Å². The number of anilines is 1. The van der Waals surface area contributed by atoms with Crippen molar-refractivity contribution >= 4 is 11.7 Å². The van der Waals surface area contributed by atoms with Gasteiger partial charge >= 0.3 is 53.5 Å². The van der Waals surface area contributed by atoms with E-state index in [2.05, 4.69) is 4.98 Å². The molecule has 0 radical (unpaired) electrons. The summed E-state index contributed by atoms with van der Waals surface area (Å²) in [5.74, 6) is -62.9. The highest BCUT2D eigenvalue weighted by Crippen LogP contribution is 2.63. The van der Waals surface area contributed by atoms with Crippen LogP contribution in [0.2, 0.25) is 0 Å². The van der Waals surface area contributed by atoms with Crippen molar-refractivity contribution in [3.05, 3.63) is 23.4 Å². The molecule has 0 unspecified atom stereocenters. The van der Waals surface area contributed by atoms with Crippen LogP contribution < -0.4 is 5.32 Å². The second-order valence-corrected chi connectivity index (χ2v) is 7.14. The van der Waals surface area contributed by atoms with Crippen LogP contribution in [0.4, 0.5) is 80.5 Å². The molecule has 0 spiro atoms. The molecule has 36 heavy (non-hydrogen) atoms. The minimum absolute atomic E-state index is 0.0530. The molecule has 1 heterocycles. The fourth-order valence-corrected chi connectivity index (χ4v) is 2.41. The third-order valence-corrected chi connectivity index (χ3v) is 4.35. The Morgan fingerprint density at radius 2 is 0.972 bits per heavy atom. The molecule has 1 N–H and O–H groups in total. The molecule has 0 fully saturated rings. The van der Waals surface area contributed by atoms with Crippen LogP contribution >= 0.6 is 0 Å². The molecule has 0 aliphatic rings. The van der Waals surface area contributed by atoms with E-state index in [9.17, 15) is 79.4 Å². The summed E-state index contributed by atoms with van der Waals surface area (Å²) >= 11 is 0. The Labute approximate surface area is 187 Å². The molecular formula is C16H9F17N2O.